The van der Waals surface area contributed by atoms with E-state index >= 15 is 0 Å². The van der Waals surface area contributed by atoms with Crippen LogP contribution in [0.15, 0.2) is 78.9 Å². The minimum Gasteiger partial charge on any atom is -0.497 e. The van der Waals surface area contributed by atoms with E-state index < -0.39 is 5.91 Å². The number of carbonyl (C=O) groups excluding carboxylic acids is 2. The summed E-state index contributed by atoms with van der Waals surface area (Å²) in [6.45, 7) is 0. The molecule has 30 heavy (non-hydrogen) atoms. The average molecular weight is 415 g/mol. The van der Waals surface area contributed by atoms with E-state index in [9.17, 15) is 9.59 Å². The summed E-state index contributed by atoms with van der Waals surface area (Å²) in [4.78, 5) is 25.7. The lowest BCUT2D eigenvalue weighted by Crippen LogP contribution is -2.16. The first-order valence-electron chi connectivity index (χ1n) is 9.14. The van der Waals surface area contributed by atoms with Crippen LogP contribution in [0.4, 0.5) is 5.13 Å². The molecule has 0 bridgehead atoms. The Hall–Kier alpha value is -3.84. The Morgan fingerprint density at radius 1 is 0.833 bits per heavy atom. The van der Waals surface area contributed by atoms with E-state index in [2.05, 4.69) is 15.5 Å². The number of carbonyl (C=O) groups is 2. The second kappa shape index (κ2) is 8.67. The molecule has 1 amide bonds. The average Bonchev–Trinajstić information content (AvgIpc) is 3.27. The molecule has 0 atom stereocenters. The highest BCUT2D eigenvalue weighted by molar-refractivity contribution is 7.18. The summed E-state index contributed by atoms with van der Waals surface area (Å²) >= 11 is 1.25. The molecule has 6 nitrogen and oxygen atoms in total. The number of nitrogens with one attached hydrogen (secondary N) is 1. The minimum absolute atomic E-state index is 0.211. The van der Waals surface area contributed by atoms with Crippen LogP contribution in [0.25, 0.3) is 10.6 Å². The Morgan fingerprint density at radius 3 is 2.20 bits per heavy atom. The summed E-state index contributed by atoms with van der Waals surface area (Å²) < 4.78 is 5.16. The number of ketones is 1. The van der Waals surface area contributed by atoms with Crippen LogP contribution in [0.5, 0.6) is 5.75 Å². The Morgan fingerprint density at radius 2 is 1.50 bits per heavy atom. The number of benzene rings is 3. The van der Waals surface area contributed by atoms with Crippen LogP contribution in [0.2, 0.25) is 0 Å². The first-order valence-corrected chi connectivity index (χ1v) is 9.95. The van der Waals surface area contributed by atoms with Crippen molar-refractivity contribution in [3.05, 3.63) is 95.6 Å². The molecular weight excluding hydrogens is 398 g/mol. The molecule has 0 unspecified atom stereocenters. The number of methoxy groups -OCH3 is 1. The molecule has 0 saturated carbocycles. The highest BCUT2D eigenvalue weighted by atomic mass is 32.1. The molecule has 3 aromatic carbocycles. The molecule has 4 aromatic rings. The third-order valence-electron chi connectivity index (χ3n) is 4.43. The summed E-state index contributed by atoms with van der Waals surface area (Å²) in [5.41, 5.74) is 2.01. The number of aromatic nitrogens is 2. The predicted molar refractivity (Wildman–Crippen MR) is 116 cm³/mol. The van der Waals surface area contributed by atoms with Gasteiger partial charge in [-0.3, -0.25) is 14.9 Å². The van der Waals surface area contributed by atoms with E-state index in [1.54, 1.807) is 55.6 Å². The molecule has 0 aliphatic rings. The Balaban J connectivity index is 1.55. The van der Waals surface area contributed by atoms with E-state index in [-0.39, 0.29) is 11.3 Å². The van der Waals surface area contributed by atoms with Crippen LogP contribution in [-0.2, 0) is 0 Å². The lowest BCUT2D eigenvalue weighted by molar-refractivity contribution is 0.0996. The SMILES string of the molecule is COc1ccc(-c2nnc(NC(=O)c3ccccc3C(=O)c3ccccc3)s2)cc1. The highest BCUT2D eigenvalue weighted by Gasteiger charge is 2.19. The minimum atomic E-state index is -0.410. The van der Waals surface area contributed by atoms with Gasteiger partial charge in [0.15, 0.2) is 5.78 Å². The fourth-order valence-corrected chi connectivity index (χ4v) is 3.66. The van der Waals surface area contributed by atoms with Crippen LogP contribution in [0.1, 0.15) is 26.3 Å². The smallest absolute Gasteiger partial charge is 0.258 e. The third-order valence-corrected chi connectivity index (χ3v) is 5.32. The van der Waals surface area contributed by atoms with Crippen molar-refractivity contribution in [3.63, 3.8) is 0 Å². The molecule has 1 N–H and O–H groups in total. The Bertz CT molecular complexity index is 1190. The maximum atomic E-state index is 12.9. The van der Waals surface area contributed by atoms with Crippen molar-refractivity contribution < 1.29 is 14.3 Å². The molecule has 0 aliphatic carbocycles. The molecule has 1 aromatic heterocycles. The zero-order valence-electron chi connectivity index (χ0n) is 16.0. The Kier molecular flexibility index (Phi) is 5.63. The molecule has 0 radical (unpaired) electrons. The van der Waals surface area contributed by atoms with Crippen LogP contribution in [0.3, 0.4) is 0 Å². The van der Waals surface area contributed by atoms with Gasteiger partial charge in [0.2, 0.25) is 5.13 Å². The molecule has 4 rings (SSSR count). The van der Waals surface area contributed by atoms with Crippen LogP contribution >= 0.6 is 11.3 Å². The van der Waals surface area contributed by atoms with Crippen molar-refractivity contribution in [2.24, 2.45) is 0 Å². The highest BCUT2D eigenvalue weighted by Crippen LogP contribution is 2.28. The second-order valence-corrected chi connectivity index (χ2v) is 7.31. The first kappa shape index (κ1) is 19.5. The van der Waals surface area contributed by atoms with Gasteiger partial charge in [-0.25, -0.2) is 0 Å². The molecule has 148 valence electrons. The topological polar surface area (TPSA) is 81.2 Å². The van der Waals surface area contributed by atoms with Gasteiger partial charge in [0.05, 0.1) is 12.7 Å². The maximum Gasteiger partial charge on any atom is 0.258 e. The largest absolute Gasteiger partial charge is 0.497 e. The summed E-state index contributed by atoms with van der Waals surface area (Å²) in [5, 5.41) is 12.0. The van der Waals surface area contributed by atoms with E-state index in [1.165, 1.54) is 11.3 Å². The van der Waals surface area contributed by atoms with Crippen LogP contribution in [-0.4, -0.2) is 29.0 Å². The van der Waals surface area contributed by atoms with E-state index in [4.69, 9.17) is 4.74 Å². The van der Waals surface area contributed by atoms with Crippen molar-refractivity contribution in [2.75, 3.05) is 12.4 Å². The Labute approximate surface area is 177 Å². The lowest BCUT2D eigenvalue weighted by Gasteiger charge is -2.08. The van der Waals surface area contributed by atoms with Gasteiger partial charge in [-0.05, 0) is 30.3 Å². The third kappa shape index (κ3) is 4.11. The normalized spacial score (nSPS) is 10.4. The number of ether oxygens (including phenoxy) is 1. The summed E-state index contributed by atoms with van der Waals surface area (Å²) in [6.07, 6.45) is 0. The van der Waals surface area contributed by atoms with Crippen LogP contribution < -0.4 is 10.1 Å². The molecule has 7 heteroatoms. The van der Waals surface area contributed by atoms with Gasteiger partial charge in [-0.1, -0.05) is 59.9 Å². The zero-order chi connectivity index (χ0) is 20.9. The van der Waals surface area contributed by atoms with Crippen molar-refractivity contribution in [2.45, 2.75) is 0 Å². The standard InChI is InChI=1S/C23H17N3O3S/c1-29-17-13-11-16(12-14-17)22-25-26-23(30-22)24-21(28)19-10-6-5-9-18(19)20(27)15-7-3-2-4-8-15/h2-14H,1H3,(H,24,26,28). The molecule has 1 heterocycles. The summed E-state index contributed by atoms with van der Waals surface area (Å²) in [6, 6.07) is 23.0. The number of anilines is 1. The number of hydrogen-bond donors (Lipinski definition) is 1. The molecule has 0 aliphatic heterocycles. The molecule has 0 spiro atoms. The fourth-order valence-electron chi connectivity index (χ4n) is 2.91. The second-order valence-electron chi connectivity index (χ2n) is 6.34. The fraction of sp³-hybridized carbons (Fsp3) is 0.0435. The van der Waals surface area contributed by atoms with E-state index in [1.807, 2.05) is 30.3 Å². The van der Waals surface area contributed by atoms with E-state index in [0.29, 0.717) is 21.3 Å². The van der Waals surface area contributed by atoms with Gasteiger partial charge in [0.25, 0.3) is 5.91 Å². The zero-order valence-corrected chi connectivity index (χ0v) is 16.8. The van der Waals surface area contributed by atoms with Gasteiger partial charge in [0, 0.05) is 16.7 Å². The van der Waals surface area contributed by atoms with Gasteiger partial charge in [-0.15, -0.1) is 10.2 Å². The van der Waals surface area contributed by atoms with Crippen molar-refractivity contribution in [1.29, 1.82) is 0 Å². The predicted octanol–water partition coefficient (Wildman–Crippen LogP) is 4.70. The number of rotatable bonds is 6. The maximum absolute atomic E-state index is 12.9. The van der Waals surface area contributed by atoms with Crippen LogP contribution in [0, 0.1) is 0 Å². The summed E-state index contributed by atoms with van der Waals surface area (Å²) in [7, 11) is 1.61. The number of nitrogens with zero attached hydrogens (tertiary/aromatic N) is 2. The van der Waals surface area contributed by atoms with Gasteiger partial charge < -0.3 is 4.74 Å². The van der Waals surface area contributed by atoms with Gasteiger partial charge in [-0.2, -0.15) is 0 Å². The molecular formula is C23H17N3O3S. The monoisotopic (exact) mass is 415 g/mol. The van der Waals surface area contributed by atoms with Gasteiger partial charge in [0.1, 0.15) is 10.8 Å². The van der Waals surface area contributed by atoms with Crippen molar-refractivity contribution in [1.82, 2.24) is 10.2 Å². The molecule has 0 saturated heterocycles. The number of amides is 1. The van der Waals surface area contributed by atoms with E-state index in [0.717, 1.165) is 11.3 Å². The quantitative estimate of drug-likeness (QED) is 0.462. The van der Waals surface area contributed by atoms with Crippen molar-refractivity contribution in [3.8, 4) is 16.3 Å². The van der Waals surface area contributed by atoms with Gasteiger partial charge >= 0.3 is 0 Å². The molecule has 0 fully saturated rings. The lowest BCUT2D eigenvalue weighted by atomic mass is 9.98. The van der Waals surface area contributed by atoms with Crippen molar-refractivity contribution >= 4 is 28.2 Å². The summed E-state index contributed by atoms with van der Waals surface area (Å²) in [5.74, 6) is 0.126. The number of hydrogen-bond acceptors (Lipinski definition) is 6. The first-order chi connectivity index (χ1) is 14.7.